The van der Waals surface area contributed by atoms with Gasteiger partial charge in [0.15, 0.2) is 0 Å². The van der Waals surface area contributed by atoms with Crippen molar-refractivity contribution in [2.24, 2.45) is 0 Å². The molecule has 0 fully saturated rings. The summed E-state index contributed by atoms with van der Waals surface area (Å²) < 4.78 is 19.0. The average molecular weight is 419 g/mol. The molecule has 170 valence electrons. The quantitative estimate of drug-likeness (QED) is 0.122. The lowest BCUT2D eigenvalue weighted by Crippen LogP contribution is -2.48. The molecule has 28 heavy (non-hydrogen) atoms. The van der Waals surface area contributed by atoms with Crippen LogP contribution in [-0.4, -0.2) is 60.3 Å². The van der Waals surface area contributed by atoms with E-state index >= 15 is 0 Å². The maximum absolute atomic E-state index is 5.98. The highest BCUT2D eigenvalue weighted by Gasteiger charge is 2.40. The Morgan fingerprint density at radius 2 is 0.929 bits per heavy atom. The second kappa shape index (κ2) is 17.9. The summed E-state index contributed by atoms with van der Waals surface area (Å²) in [6.45, 7) is 12.8. The van der Waals surface area contributed by atoms with Crippen LogP contribution in [0, 0.1) is 0 Å². The van der Waals surface area contributed by atoms with Gasteiger partial charge in [-0.25, -0.2) is 0 Å². The third kappa shape index (κ3) is 15.0. The van der Waals surface area contributed by atoms with Crippen LogP contribution in [-0.2, 0) is 13.3 Å². The van der Waals surface area contributed by atoms with Gasteiger partial charge in [0.05, 0.1) is 27.2 Å². The Hall–Kier alpha value is 0.0569. The summed E-state index contributed by atoms with van der Waals surface area (Å²) in [5, 5.41) is 0. The van der Waals surface area contributed by atoms with Crippen molar-refractivity contribution in [1.29, 1.82) is 0 Å². The Bertz CT molecular complexity index is 323. The fraction of sp³-hybridized carbons (Fsp3) is 1.00. The first-order chi connectivity index (χ1) is 13.4. The molecule has 0 aromatic heterocycles. The first-order valence-electron chi connectivity index (χ1n) is 12.2. The van der Waals surface area contributed by atoms with Crippen molar-refractivity contribution in [2.45, 2.75) is 104 Å². The molecule has 0 spiro atoms. The molecule has 0 radical (unpaired) electrons. The minimum Gasteiger partial charge on any atom is -0.374 e. The van der Waals surface area contributed by atoms with Crippen LogP contribution < -0.4 is 0 Å². The molecule has 0 saturated heterocycles. The lowest BCUT2D eigenvalue weighted by atomic mass is 10.1. The maximum atomic E-state index is 5.98. The van der Waals surface area contributed by atoms with Gasteiger partial charge in [-0.3, -0.25) is 0 Å². The van der Waals surface area contributed by atoms with E-state index in [1.165, 1.54) is 77.3 Å². The molecule has 0 aromatic rings. The van der Waals surface area contributed by atoms with E-state index in [9.17, 15) is 0 Å². The second-order valence-electron chi connectivity index (χ2n) is 8.65. The lowest BCUT2D eigenvalue weighted by Gasteiger charge is -2.32. The number of unbranched alkanes of at least 4 members (excludes halogenated alkanes) is 9. The fourth-order valence-corrected chi connectivity index (χ4v) is 6.46. The Kier molecular flexibility index (Phi) is 17.9. The molecule has 0 unspecified atom stereocenters. The monoisotopic (exact) mass is 418 g/mol. The van der Waals surface area contributed by atoms with Crippen molar-refractivity contribution in [3.05, 3.63) is 0 Å². The first kappa shape index (κ1) is 28.1. The summed E-state index contributed by atoms with van der Waals surface area (Å²) in [6.07, 6.45) is 15.2. The van der Waals surface area contributed by atoms with Gasteiger partial charge >= 0.3 is 8.80 Å². The van der Waals surface area contributed by atoms with Crippen molar-refractivity contribution in [3.8, 4) is 0 Å². The van der Waals surface area contributed by atoms with Crippen LogP contribution in [0.1, 0.15) is 98.3 Å². The highest BCUT2D eigenvalue weighted by Crippen LogP contribution is 2.20. The number of hydrogen-bond donors (Lipinski definition) is 0. The van der Waals surface area contributed by atoms with E-state index < -0.39 is 8.80 Å². The molecule has 4 nitrogen and oxygen atoms in total. The third-order valence-corrected chi connectivity index (χ3v) is 8.61. The normalized spacial score (nSPS) is 12.6. The smallest absolute Gasteiger partial charge is 0.374 e. The van der Waals surface area contributed by atoms with Crippen molar-refractivity contribution in [1.82, 2.24) is 0 Å². The molecular formula is C23H52NO3Si+. The Balaban J connectivity index is 3.93. The van der Waals surface area contributed by atoms with Gasteiger partial charge in [-0.15, -0.1) is 0 Å². The van der Waals surface area contributed by atoms with Gasteiger partial charge < -0.3 is 17.8 Å². The lowest BCUT2D eigenvalue weighted by molar-refractivity contribution is -0.890. The number of rotatable bonds is 21. The molecule has 0 aromatic carbocycles. The van der Waals surface area contributed by atoms with Gasteiger partial charge in [0.25, 0.3) is 0 Å². The van der Waals surface area contributed by atoms with Crippen molar-refractivity contribution in [3.63, 3.8) is 0 Å². The van der Waals surface area contributed by atoms with Gasteiger partial charge in [0.1, 0.15) is 0 Å². The highest BCUT2D eigenvalue weighted by atomic mass is 28.4. The molecule has 0 amide bonds. The second-order valence-corrected chi connectivity index (χ2v) is 11.4. The fourth-order valence-electron chi connectivity index (χ4n) is 3.86. The van der Waals surface area contributed by atoms with E-state index in [4.69, 9.17) is 13.3 Å². The number of nitrogens with zero attached hydrogens (tertiary/aromatic N) is 1. The zero-order valence-corrected chi connectivity index (χ0v) is 21.2. The van der Waals surface area contributed by atoms with E-state index in [-0.39, 0.29) is 0 Å². The molecule has 0 aliphatic heterocycles. The maximum Gasteiger partial charge on any atom is 0.501 e. The average Bonchev–Trinajstić information content (AvgIpc) is 2.64. The van der Waals surface area contributed by atoms with Crippen LogP contribution in [0.4, 0.5) is 0 Å². The summed E-state index contributed by atoms with van der Waals surface area (Å²) in [4.78, 5) is 0. The molecule has 0 aliphatic carbocycles. The topological polar surface area (TPSA) is 27.7 Å². The summed E-state index contributed by atoms with van der Waals surface area (Å²) in [5.41, 5.74) is 0. The highest BCUT2D eigenvalue weighted by molar-refractivity contribution is 6.60. The zero-order chi connectivity index (χ0) is 21.1. The number of hydrogen-bond acceptors (Lipinski definition) is 3. The summed E-state index contributed by atoms with van der Waals surface area (Å²) in [5.74, 6) is 0. The molecule has 0 bridgehead atoms. The van der Waals surface area contributed by atoms with Gasteiger partial charge in [-0.05, 0) is 33.6 Å². The molecule has 0 aliphatic rings. The minimum absolute atomic E-state index is 0.670. The molecular weight excluding hydrogens is 366 g/mol. The summed E-state index contributed by atoms with van der Waals surface area (Å²) in [6, 6.07) is 0.933. The first-order valence-corrected chi connectivity index (χ1v) is 14.1. The predicted molar refractivity (Wildman–Crippen MR) is 124 cm³/mol. The molecule has 0 atom stereocenters. The Morgan fingerprint density at radius 1 is 0.536 bits per heavy atom. The van der Waals surface area contributed by atoms with Crippen LogP contribution >= 0.6 is 0 Å². The van der Waals surface area contributed by atoms with Crippen molar-refractivity contribution >= 4 is 8.80 Å². The van der Waals surface area contributed by atoms with E-state index in [2.05, 4.69) is 21.0 Å². The predicted octanol–water partition coefficient (Wildman–Crippen LogP) is 6.42. The Labute approximate surface area is 178 Å². The zero-order valence-electron chi connectivity index (χ0n) is 20.2. The van der Waals surface area contributed by atoms with Gasteiger partial charge in [-0.1, -0.05) is 58.3 Å². The van der Waals surface area contributed by atoms with Crippen molar-refractivity contribution < 1.29 is 17.8 Å². The van der Waals surface area contributed by atoms with Gasteiger partial charge in [0, 0.05) is 32.3 Å². The molecule has 5 heteroatoms. The SMILES string of the molecule is CCCCCCCCCCCC[N+](C)(C)CCC[Si](OCC)(OCC)OCC. The van der Waals surface area contributed by atoms with Crippen LogP contribution in [0.2, 0.25) is 6.04 Å². The summed E-state index contributed by atoms with van der Waals surface area (Å²) in [7, 11) is 2.25. The van der Waals surface area contributed by atoms with Crippen LogP contribution in [0.3, 0.4) is 0 Å². The molecule has 0 heterocycles. The Morgan fingerprint density at radius 3 is 1.36 bits per heavy atom. The van der Waals surface area contributed by atoms with Crippen LogP contribution in [0.5, 0.6) is 0 Å². The molecule has 0 rings (SSSR count). The van der Waals surface area contributed by atoms with Crippen LogP contribution in [0.25, 0.3) is 0 Å². The molecule has 0 N–H and O–H groups in total. The molecule has 0 saturated carbocycles. The number of quaternary nitrogens is 1. The van der Waals surface area contributed by atoms with E-state index in [0.29, 0.717) is 19.8 Å². The van der Waals surface area contributed by atoms with Gasteiger partial charge in [-0.2, -0.15) is 0 Å². The largest absolute Gasteiger partial charge is 0.501 e. The van der Waals surface area contributed by atoms with E-state index in [0.717, 1.165) is 16.9 Å². The van der Waals surface area contributed by atoms with E-state index in [1.54, 1.807) is 0 Å². The minimum atomic E-state index is -2.47. The third-order valence-electron chi connectivity index (χ3n) is 5.46. The summed E-state index contributed by atoms with van der Waals surface area (Å²) >= 11 is 0. The van der Waals surface area contributed by atoms with Crippen molar-refractivity contribution in [2.75, 3.05) is 47.0 Å². The van der Waals surface area contributed by atoms with Crippen LogP contribution in [0.15, 0.2) is 0 Å². The van der Waals surface area contributed by atoms with E-state index in [1.807, 2.05) is 20.8 Å². The standard InChI is InChI=1S/C23H52NO3Si/c1-7-11-12-13-14-15-16-17-18-19-21-24(5,6)22-20-23-28(25-8-2,26-9-3)27-10-4/h7-23H2,1-6H3/q+1. The van der Waals surface area contributed by atoms with Gasteiger partial charge in [0.2, 0.25) is 0 Å².